The third kappa shape index (κ3) is 7.43. The van der Waals surface area contributed by atoms with Gasteiger partial charge in [0.15, 0.2) is 0 Å². The molecule has 0 aliphatic rings. The number of hydrogen-bond acceptors (Lipinski definition) is 2. The van der Waals surface area contributed by atoms with Crippen molar-refractivity contribution in [2.45, 2.75) is 20.8 Å². The van der Waals surface area contributed by atoms with Crippen LogP contribution in [0.3, 0.4) is 0 Å². The van der Waals surface area contributed by atoms with E-state index < -0.39 is 0 Å². The van der Waals surface area contributed by atoms with Crippen molar-refractivity contribution in [1.82, 2.24) is 10.9 Å². The second-order valence-corrected chi connectivity index (χ2v) is 3.18. The first-order valence-corrected chi connectivity index (χ1v) is 2.98. The molecule has 0 aromatic rings. The van der Waals surface area contributed by atoms with Crippen molar-refractivity contribution in [2.24, 2.45) is 5.41 Å². The van der Waals surface area contributed by atoms with Gasteiger partial charge in [-0.25, -0.2) is 5.43 Å². The number of hydrogen-bond donors (Lipinski definition) is 2. The first-order valence-electron chi connectivity index (χ1n) is 2.98. The van der Waals surface area contributed by atoms with Gasteiger partial charge in [0.1, 0.15) is 0 Å². The summed E-state index contributed by atoms with van der Waals surface area (Å²) in [6.45, 7) is 7.05. The van der Waals surface area contributed by atoms with E-state index >= 15 is 0 Å². The summed E-state index contributed by atoms with van der Waals surface area (Å²) in [7, 11) is 0. The van der Waals surface area contributed by atoms with Crippen LogP contribution in [-0.4, -0.2) is 13.0 Å². The fourth-order valence-electron chi connectivity index (χ4n) is 0.358. The van der Waals surface area contributed by atoms with Crippen molar-refractivity contribution >= 4 is 6.41 Å². The zero-order chi connectivity index (χ0) is 7.33. The molecule has 0 unspecified atom stereocenters. The molecule has 0 aromatic carbocycles. The average molecular weight is 130 g/mol. The molecule has 0 heterocycles. The smallest absolute Gasteiger partial charge is 0.221 e. The maximum atomic E-state index is 9.72. The monoisotopic (exact) mass is 130 g/mol. The number of carbonyl (C=O) groups is 1. The molecule has 0 bridgehead atoms. The van der Waals surface area contributed by atoms with Gasteiger partial charge < -0.3 is 0 Å². The Kier molecular flexibility index (Phi) is 3.24. The molecule has 9 heavy (non-hydrogen) atoms. The lowest BCUT2D eigenvalue weighted by Crippen LogP contribution is -2.37. The normalized spacial score (nSPS) is 11.0. The van der Waals surface area contributed by atoms with Gasteiger partial charge in [0.05, 0.1) is 0 Å². The van der Waals surface area contributed by atoms with E-state index in [4.69, 9.17) is 0 Å². The number of rotatable bonds is 3. The molecule has 0 saturated heterocycles. The predicted octanol–water partition coefficient (Wildman–Crippen LogP) is 0.283. The Labute approximate surface area is 55.8 Å². The third-order valence-corrected chi connectivity index (χ3v) is 0.780. The summed E-state index contributed by atoms with van der Waals surface area (Å²) in [5.74, 6) is 0. The summed E-state index contributed by atoms with van der Waals surface area (Å²) >= 11 is 0. The van der Waals surface area contributed by atoms with E-state index in [1.807, 2.05) is 0 Å². The molecule has 0 atom stereocenters. The minimum atomic E-state index is 0.218. The second kappa shape index (κ2) is 3.45. The Morgan fingerprint density at radius 2 is 2.00 bits per heavy atom. The van der Waals surface area contributed by atoms with Crippen LogP contribution < -0.4 is 10.9 Å². The number of carbonyl (C=O) groups excluding carboxylic acids is 1. The molecule has 3 nitrogen and oxygen atoms in total. The van der Waals surface area contributed by atoms with Crippen LogP contribution in [0.1, 0.15) is 20.8 Å². The topological polar surface area (TPSA) is 41.1 Å². The van der Waals surface area contributed by atoms with Crippen LogP contribution in [-0.2, 0) is 4.79 Å². The van der Waals surface area contributed by atoms with Crippen molar-refractivity contribution in [3.63, 3.8) is 0 Å². The largest absolute Gasteiger partial charge is 0.294 e. The standard InChI is InChI=1S/C6H14N2O/c1-6(2,3)4-7-8-5-9/h5,7H,4H2,1-3H3,(H,8,9). The molecule has 2 N–H and O–H groups in total. The molecule has 3 heteroatoms. The molecular formula is C6H14N2O. The first kappa shape index (κ1) is 8.43. The minimum absolute atomic E-state index is 0.218. The molecule has 0 radical (unpaired) electrons. The van der Waals surface area contributed by atoms with Gasteiger partial charge in [-0.15, -0.1) is 0 Å². The number of nitrogens with one attached hydrogen (secondary N) is 2. The highest BCUT2D eigenvalue weighted by atomic mass is 16.1. The molecule has 0 aromatic heterocycles. The number of amides is 1. The average Bonchev–Trinajstić information content (AvgIpc) is 1.63. The molecule has 1 amide bonds. The Morgan fingerprint density at radius 1 is 1.44 bits per heavy atom. The summed E-state index contributed by atoms with van der Waals surface area (Å²) < 4.78 is 0. The van der Waals surface area contributed by atoms with Gasteiger partial charge >= 0.3 is 0 Å². The summed E-state index contributed by atoms with van der Waals surface area (Å²) in [5, 5.41) is 0. The lowest BCUT2D eigenvalue weighted by molar-refractivity contribution is -0.110. The minimum Gasteiger partial charge on any atom is -0.294 e. The van der Waals surface area contributed by atoms with Crippen LogP contribution in [0.4, 0.5) is 0 Å². The summed E-state index contributed by atoms with van der Waals surface area (Å²) in [5.41, 5.74) is 5.35. The Balaban J connectivity index is 3.17. The van der Waals surface area contributed by atoms with E-state index in [1.165, 1.54) is 0 Å². The van der Waals surface area contributed by atoms with E-state index in [-0.39, 0.29) is 5.41 Å². The Hall–Kier alpha value is -0.570. The summed E-state index contributed by atoms with van der Waals surface area (Å²) in [4.78, 5) is 9.72. The molecule has 54 valence electrons. The van der Waals surface area contributed by atoms with Gasteiger partial charge in [-0.3, -0.25) is 10.2 Å². The summed E-state index contributed by atoms with van der Waals surface area (Å²) in [6.07, 6.45) is 0.631. The molecule has 0 rings (SSSR count). The van der Waals surface area contributed by atoms with Crippen molar-refractivity contribution in [1.29, 1.82) is 0 Å². The highest BCUT2D eigenvalue weighted by molar-refractivity contribution is 5.44. The maximum Gasteiger partial charge on any atom is 0.221 e. The second-order valence-electron chi connectivity index (χ2n) is 3.18. The predicted molar refractivity (Wildman–Crippen MR) is 36.7 cm³/mol. The van der Waals surface area contributed by atoms with Gasteiger partial charge in [-0.2, -0.15) is 0 Å². The highest BCUT2D eigenvalue weighted by Gasteiger charge is 2.07. The van der Waals surface area contributed by atoms with Gasteiger partial charge in [0.25, 0.3) is 0 Å². The van der Waals surface area contributed by atoms with Crippen LogP contribution in [0.2, 0.25) is 0 Å². The van der Waals surface area contributed by atoms with E-state index in [1.54, 1.807) is 0 Å². The van der Waals surface area contributed by atoms with Gasteiger partial charge in [0, 0.05) is 6.54 Å². The zero-order valence-electron chi connectivity index (χ0n) is 6.19. The molecule has 0 fully saturated rings. The molecule has 0 aliphatic carbocycles. The number of hydrazine groups is 1. The van der Waals surface area contributed by atoms with Gasteiger partial charge in [-0.1, -0.05) is 20.8 Å². The van der Waals surface area contributed by atoms with Crippen LogP contribution in [0.5, 0.6) is 0 Å². The van der Waals surface area contributed by atoms with Crippen molar-refractivity contribution in [3.05, 3.63) is 0 Å². The van der Waals surface area contributed by atoms with Crippen LogP contribution in [0.15, 0.2) is 0 Å². The Bertz CT molecular complexity index is 85.5. The van der Waals surface area contributed by atoms with Crippen LogP contribution in [0.25, 0.3) is 0 Å². The quantitative estimate of drug-likeness (QED) is 0.327. The first-order chi connectivity index (χ1) is 4.06. The van der Waals surface area contributed by atoms with Crippen molar-refractivity contribution in [2.75, 3.05) is 6.54 Å². The van der Waals surface area contributed by atoms with E-state index in [9.17, 15) is 4.79 Å². The zero-order valence-corrected chi connectivity index (χ0v) is 6.19. The molecule has 0 aliphatic heterocycles. The summed E-state index contributed by atoms with van der Waals surface area (Å²) in [6, 6.07) is 0. The van der Waals surface area contributed by atoms with Gasteiger partial charge in [0.2, 0.25) is 6.41 Å². The lowest BCUT2D eigenvalue weighted by atomic mass is 9.98. The third-order valence-electron chi connectivity index (χ3n) is 0.780. The SMILES string of the molecule is CC(C)(C)CNNC=O. The van der Waals surface area contributed by atoms with Crippen molar-refractivity contribution < 1.29 is 4.79 Å². The van der Waals surface area contributed by atoms with Crippen molar-refractivity contribution in [3.8, 4) is 0 Å². The molecule has 0 spiro atoms. The van der Waals surface area contributed by atoms with Gasteiger partial charge in [-0.05, 0) is 5.41 Å². The van der Waals surface area contributed by atoms with Crippen LogP contribution in [0, 0.1) is 5.41 Å². The maximum absolute atomic E-state index is 9.72. The van der Waals surface area contributed by atoms with E-state index in [0.717, 1.165) is 6.54 Å². The Morgan fingerprint density at radius 3 is 2.33 bits per heavy atom. The fraction of sp³-hybridized carbons (Fsp3) is 0.833. The molecular weight excluding hydrogens is 116 g/mol. The van der Waals surface area contributed by atoms with E-state index in [2.05, 4.69) is 31.6 Å². The van der Waals surface area contributed by atoms with Crippen LogP contribution >= 0.6 is 0 Å². The van der Waals surface area contributed by atoms with E-state index in [0.29, 0.717) is 6.41 Å². The highest BCUT2D eigenvalue weighted by Crippen LogP contribution is 2.09. The fourth-order valence-corrected chi connectivity index (χ4v) is 0.358. The molecule has 0 saturated carbocycles. The lowest BCUT2D eigenvalue weighted by Gasteiger charge is -2.17.